The molecule has 2 aliphatic rings. The number of hydrogen-bond donors (Lipinski definition) is 2. The second kappa shape index (κ2) is 18.8. The molecule has 1 aliphatic carbocycles. The number of nitrogens with zero attached hydrogens (tertiary/aromatic N) is 4. The molecule has 0 bridgehead atoms. The topological polar surface area (TPSA) is 130 Å². The maximum Gasteiger partial charge on any atom is 0.228 e. The van der Waals surface area contributed by atoms with Crippen molar-refractivity contribution in [1.29, 1.82) is 0 Å². The molecule has 0 saturated heterocycles. The largest absolute Gasteiger partial charge is 0.330 e. The molecule has 5 rings (SSSR count). The lowest BCUT2D eigenvalue weighted by Crippen LogP contribution is -2.31. The van der Waals surface area contributed by atoms with E-state index < -0.39 is 5.92 Å². The molecule has 1 amide bonds. The van der Waals surface area contributed by atoms with E-state index in [1.807, 2.05) is 61.5 Å². The molecule has 1 aliphatic heterocycles. The summed E-state index contributed by atoms with van der Waals surface area (Å²) >= 11 is 0. The fourth-order valence-electron chi connectivity index (χ4n) is 7.28. The van der Waals surface area contributed by atoms with Crippen molar-refractivity contribution in [1.82, 2.24) is 4.90 Å². The highest BCUT2D eigenvalue weighted by molar-refractivity contribution is 6.01. The van der Waals surface area contributed by atoms with Crippen LogP contribution in [0.25, 0.3) is 11.1 Å². The second-order valence-corrected chi connectivity index (χ2v) is 14.1. The van der Waals surface area contributed by atoms with Gasteiger partial charge >= 0.3 is 0 Å². The summed E-state index contributed by atoms with van der Waals surface area (Å²) in [5, 5.41) is 11.0. The molecule has 51 heavy (non-hydrogen) atoms. The minimum absolute atomic E-state index is 0.0172. The van der Waals surface area contributed by atoms with Crippen LogP contribution in [0.4, 0.5) is 5.69 Å². The molecule has 9 nitrogen and oxygen atoms in total. The van der Waals surface area contributed by atoms with E-state index in [1.165, 1.54) is 0 Å². The number of Topliss-reactive ketones (excluding diaryl/α,β-unsaturated/α-hetero) is 2. The molecule has 0 radical (unpaired) electrons. The van der Waals surface area contributed by atoms with Crippen molar-refractivity contribution < 1.29 is 14.4 Å². The first-order chi connectivity index (χ1) is 24.8. The fraction of sp³-hybridized carbons (Fsp3) is 0.476. The molecule has 1 heterocycles. The van der Waals surface area contributed by atoms with Crippen LogP contribution in [0.1, 0.15) is 92.3 Å². The van der Waals surface area contributed by atoms with E-state index in [-0.39, 0.29) is 29.8 Å². The Labute approximate surface area is 303 Å². The Balaban J connectivity index is 1.24. The first kappa shape index (κ1) is 37.9. The smallest absolute Gasteiger partial charge is 0.228 e. The van der Waals surface area contributed by atoms with Crippen LogP contribution in [0.3, 0.4) is 0 Å². The highest BCUT2D eigenvalue weighted by atomic mass is 16.2. The lowest BCUT2D eigenvalue weighted by Gasteiger charge is -2.27. The van der Waals surface area contributed by atoms with Crippen LogP contribution in [-0.4, -0.2) is 61.1 Å². The zero-order valence-corrected chi connectivity index (χ0v) is 30.6. The molecule has 0 aromatic heterocycles. The van der Waals surface area contributed by atoms with Gasteiger partial charge in [-0.05, 0) is 137 Å². The monoisotopic (exact) mass is 690 g/mol. The molecule has 270 valence electrons. The molecular formula is C42H54N6O3. The van der Waals surface area contributed by atoms with E-state index in [2.05, 4.69) is 51.4 Å². The summed E-state index contributed by atoms with van der Waals surface area (Å²) in [6.07, 6.45) is 6.75. The van der Waals surface area contributed by atoms with Gasteiger partial charge in [0.25, 0.3) is 0 Å². The molecular weight excluding hydrogens is 637 g/mol. The summed E-state index contributed by atoms with van der Waals surface area (Å²) < 4.78 is 0. The standard InChI is InChI=1S/C42H54N6O3/c1-4-48(5-2)23-7-6-8-39(49)35-19-22-38(29(3)24-35)32-13-9-30(10-14-32)25-36(26-40(50)33-15-11-31(27-43)12-16-33)42(51)46-37-20-17-34(18-21-37)41-44-28-45-47-41/h9-10,13-14,17-22,24,31,33,36H,4-8,11-12,15-16,23,25-28,43H2,1-3H3,(H,46,51)/t31?,33?,36-/m1/s1. The van der Waals surface area contributed by atoms with Gasteiger partial charge in [-0.2, -0.15) is 5.11 Å². The zero-order chi connectivity index (χ0) is 36.2. The number of anilines is 1. The fourth-order valence-corrected chi connectivity index (χ4v) is 7.28. The number of aryl methyl sites for hydroxylation is 1. The Bertz CT molecular complexity index is 1690. The van der Waals surface area contributed by atoms with Crippen molar-refractivity contribution in [3.05, 3.63) is 89.0 Å². The van der Waals surface area contributed by atoms with Crippen molar-refractivity contribution in [3.63, 3.8) is 0 Å². The van der Waals surface area contributed by atoms with E-state index in [4.69, 9.17) is 5.73 Å². The highest BCUT2D eigenvalue weighted by Gasteiger charge is 2.30. The molecule has 3 aromatic rings. The van der Waals surface area contributed by atoms with E-state index in [1.54, 1.807) is 0 Å². The van der Waals surface area contributed by atoms with Crippen LogP contribution < -0.4 is 11.1 Å². The van der Waals surface area contributed by atoms with Crippen LogP contribution in [-0.2, 0) is 16.0 Å². The molecule has 0 unspecified atom stereocenters. The number of amides is 1. The number of aliphatic imine (C=N–C) groups is 1. The van der Waals surface area contributed by atoms with Crippen LogP contribution in [0.5, 0.6) is 0 Å². The third kappa shape index (κ3) is 10.6. The van der Waals surface area contributed by atoms with Crippen molar-refractivity contribution in [2.75, 3.05) is 38.2 Å². The third-order valence-corrected chi connectivity index (χ3v) is 10.6. The van der Waals surface area contributed by atoms with Gasteiger partial charge in [0.1, 0.15) is 5.78 Å². The Hall–Kier alpha value is -4.34. The number of carbonyl (C=O) groups is 3. The first-order valence-corrected chi connectivity index (χ1v) is 18.8. The summed E-state index contributed by atoms with van der Waals surface area (Å²) in [7, 11) is 0. The van der Waals surface area contributed by atoms with E-state index in [9.17, 15) is 14.4 Å². The number of azo groups is 1. The summed E-state index contributed by atoms with van der Waals surface area (Å²) in [5.41, 5.74) is 12.3. The van der Waals surface area contributed by atoms with Gasteiger partial charge in [-0.15, -0.1) is 5.11 Å². The van der Waals surface area contributed by atoms with Crippen LogP contribution in [0.2, 0.25) is 0 Å². The number of benzene rings is 3. The number of carbonyl (C=O) groups excluding carboxylic acids is 3. The van der Waals surface area contributed by atoms with Crippen molar-refractivity contribution in [3.8, 4) is 11.1 Å². The zero-order valence-electron chi connectivity index (χ0n) is 30.6. The first-order valence-electron chi connectivity index (χ1n) is 18.8. The number of amidine groups is 1. The number of unbranched alkanes of at least 4 members (excludes halogenated alkanes) is 1. The number of hydrogen-bond acceptors (Lipinski definition) is 8. The predicted molar refractivity (Wildman–Crippen MR) is 205 cm³/mol. The van der Waals surface area contributed by atoms with Crippen molar-refractivity contribution >= 4 is 29.0 Å². The lowest BCUT2D eigenvalue weighted by atomic mass is 9.77. The van der Waals surface area contributed by atoms with Gasteiger partial charge in [0.15, 0.2) is 18.3 Å². The van der Waals surface area contributed by atoms with E-state index in [0.29, 0.717) is 43.5 Å². The van der Waals surface area contributed by atoms with Crippen LogP contribution >= 0.6 is 0 Å². The Morgan fingerprint density at radius 1 is 0.902 bits per heavy atom. The third-order valence-electron chi connectivity index (χ3n) is 10.6. The lowest BCUT2D eigenvalue weighted by molar-refractivity contribution is -0.129. The molecule has 1 fully saturated rings. The summed E-state index contributed by atoms with van der Waals surface area (Å²) in [4.78, 5) is 46.9. The second-order valence-electron chi connectivity index (χ2n) is 14.1. The molecule has 3 aromatic carbocycles. The highest BCUT2D eigenvalue weighted by Crippen LogP contribution is 2.32. The normalized spacial score (nSPS) is 17.7. The average Bonchev–Trinajstić information content (AvgIpc) is 3.70. The maximum absolute atomic E-state index is 13.8. The number of ketones is 2. The van der Waals surface area contributed by atoms with Crippen LogP contribution in [0, 0.1) is 24.7 Å². The van der Waals surface area contributed by atoms with Gasteiger partial charge in [0.2, 0.25) is 5.91 Å². The summed E-state index contributed by atoms with van der Waals surface area (Å²) in [5.74, 6) is 0.726. The van der Waals surface area contributed by atoms with Crippen molar-refractivity contribution in [2.45, 2.75) is 78.6 Å². The molecule has 9 heteroatoms. The Morgan fingerprint density at radius 2 is 1.61 bits per heavy atom. The average molecular weight is 691 g/mol. The van der Waals surface area contributed by atoms with E-state index in [0.717, 1.165) is 91.5 Å². The SMILES string of the molecule is CCN(CC)CCCCC(=O)c1ccc(-c2ccc(C[C@H](CC(=O)C3CCC(CN)CC3)C(=O)Nc3ccc(C4=NCN=N4)cc3)cc2)c(C)c1. The minimum Gasteiger partial charge on any atom is -0.330 e. The molecule has 3 N–H and O–H groups in total. The van der Waals surface area contributed by atoms with E-state index >= 15 is 0 Å². The Kier molecular flexibility index (Phi) is 13.9. The van der Waals surface area contributed by atoms with Gasteiger partial charge in [-0.3, -0.25) is 14.4 Å². The molecule has 0 spiro atoms. The number of rotatable bonds is 18. The number of nitrogens with two attached hydrogens (primary N) is 1. The van der Waals surface area contributed by atoms with Gasteiger partial charge in [0, 0.05) is 41.5 Å². The Morgan fingerprint density at radius 3 is 2.24 bits per heavy atom. The van der Waals surface area contributed by atoms with Crippen LogP contribution in [0.15, 0.2) is 82.0 Å². The minimum atomic E-state index is -0.512. The van der Waals surface area contributed by atoms with Gasteiger partial charge in [-0.25, -0.2) is 4.99 Å². The number of nitrogens with one attached hydrogen (secondary N) is 1. The van der Waals surface area contributed by atoms with Gasteiger partial charge < -0.3 is 16.0 Å². The summed E-state index contributed by atoms with van der Waals surface area (Å²) in [6, 6.07) is 21.6. The van der Waals surface area contributed by atoms with Gasteiger partial charge in [-0.1, -0.05) is 50.2 Å². The maximum atomic E-state index is 13.8. The quantitative estimate of drug-likeness (QED) is 0.103. The predicted octanol–water partition coefficient (Wildman–Crippen LogP) is 8.05. The van der Waals surface area contributed by atoms with Gasteiger partial charge in [0.05, 0.1) is 0 Å². The molecule has 1 saturated carbocycles. The molecule has 1 atom stereocenters. The van der Waals surface area contributed by atoms with Crippen molar-refractivity contribution in [2.24, 2.45) is 38.7 Å². The summed E-state index contributed by atoms with van der Waals surface area (Å²) in [6.45, 7) is 10.5.